The molecular formula is C18H18N4O. The molecule has 0 bridgehead atoms. The minimum absolute atomic E-state index is 0.00413. The number of amides is 1. The summed E-state index contributed by atoms with van der Waals surface area (Å²) < 4.78 is 0. The summed E-state index contributed by atoms with van der Waals surface area (Å²) in [4.78, 5) is 23.7. The summed E-state index contributed by atoms with van der Waals surface area (Å²) in [5, 5.41) is 3.25. The van der Waals surface area contributed by atoms with E-state index >= 15 is 0 Å². The van der Waals surface area contributed by atoms with Gasteiger partial charge in [0, 0.05) is 32.6 Å². The SMILES string of the molecule is O=C(c1cccc(C2=Nc3ccccc3C2)n1)N1CCNCC1. The molecule has 0 spiro atoms. The zero-order valence-corrected chi connectivity index (χ0v) is 12.8. The molecule has 3 heterocycles. The number of aromatic nitrogens is 1. The largest absolute Gasteiger partial charge is 0.335 e. The number of pyridine rings is 1. The van der Waals surface area contributed by atoms with Crippen molar-refractivity contribution in [2.75, 3.05) is 26.2 Å². The predicted octanol–water partition coefficient (Wildman–Crippen LogP) is 1.80. The maximum atomic E-state index is 12.6. The molecule has 0 aliphatic carbocycles. The van der Waals surface area contributed by atoms with Gasteiger partial charge >= 0.3 is 0 Å². The van der Waals surface area contributed by atoms with Crippen LogP contribution in [0, 0.1) is 0 Å². The summed E-state index contributed by atoms with van der Waals surface area (Å²) in [5.41, 5.74) is 4.44. The first-order valence-corrected chi connectivity index (χ1v) is 7.94. The van der Waals surface area contributed by atoms with Crippen molar-refractivity contribution in [1.82, 2.24) is 15.2 Å². The van der Waals surface area contributed by atoms with Gasteiger partial charge in [0.2, 0.25) is 0 Å². The van der Waals surface area contributed by atoms with Crippen LogP contribution in [-0.2, 0) is 6.42 Å². The normalized spacial score (nSPS) is 16.9. The number of nitrogens with one attached hydrogen (secondary N) is 1. The van der Waals surface area contributed by atoms with Crippen molar-refractivity contribution in [2.45, 2.75) is 6.42 Å². The van der Waals surface area contributed by atoms with E-state index in [4.69, 9.17) is 0 Å². The van der Waals surface area contributed by atoms with E-state index in [-0.39, 0.29) is 5.91 Å². The van der Waals surface area contributed by atoms with Crippen LogP contribution in [0.15, 0.2) is 47.5 Å². The molecule has 1 saturated heterocycles. The van der Waals surface area contributed by atoms with Crippen molar-refractivity contribution >= 4 is 17.3 Å². The molecule has 2 aliphatic rings. The highest BCUT2D eigenvalue weighted by Crippen LogP contribution is 2.27. The molecule has 2 aromatic rings. The Morgan fingerprint density at radius 2 is 1.87 bits per heavy atom. The van der Waals surface area contributed by atoms with Crippen LogP contribution in [0.2, 0.25) is 0 Å². The van der Waals surface area contributed by atoms with E-state index in [1.165, 1.54) is 5.56 Å². The average Bonchev–Trinajstić information content (AvgIpc) is 3.06. The molecule has 0 radical (unpaired) electrons. The number of hydrogen-bond acceptors (Lipinski definition) is 4. The highest BCUT2D eigenvalue weighted by Gasteiger charge is 2.21. The van der Waals surface area contributed by atoms with Gasteiger partial charge in [0.05, 0.1) is 17.1 Å². The number of aliphatic imine (C=N–C) groups is 1. The van der Waals surface area contributed by atoms with Gasteiger partial charge in [-0.05, 0) is 23.8 Å². The van der Waals surface area contributed by atoms with Crippen LogP contribution in [0.1, 0.15) is 21.7 Å². The molecule has 2 aliphatic heterocycles. The fraction of sp³-hybridized carbons (Fsp3) is 0.278. The highest BCUT2D eigenvalue weighted by atomic mass is 16.2. The fourth-order valence-electron chi connectivity index (χ4n) is 3.03. The zero-order chi connectivity index (χ0) is 15.6. The molecule has 1 amide bonds. The number of carbonyl (C=O) groups excluding carboxylic acids is 1. The second-order valence-corrected chi connectivity index (χ2v) is 5.81. The van der Waals surface area contributed by atoms with Crippen LogP contribution in [0.3, 0.4) is 0 Å². The molecule has 4 rings (SSSR count). The number of piperazine rings is 1. The summed E-state index contributed by atoms with van der Waals surface area (Å²) in [7, 11) is 0. The third kappa shape index (κ3) is 2.75. The van der Waals surface area contributed by atoms with Crippen LogP contribution >= 0.6 is 0 Å². The second-order valence-electron chi connectivity index (χ2n) is 5.81. The van der Waals surface area contributed by atoms with Crippen LogP contribution in [0.5, 0.6) is 0 Å². The zero-order valence-electron chi connectivity index (χ0n) is 12.8. The summed E-state index contributed by atoms with van der Waals surface area (Å²) in [6.07, 6.45) is 0.772. The number of fused-ring (bicyclic) bond motifs is 1. The standard InChI is InChI=1S/C18H18N4O/c23-18(22-10-8-19-9-11-22)16-7-3-6-15(21-16)17-12-13-4-1-2-5-14(13)20-17/h1-7,19H,8-12H2. The van der Waals surface area contributed by atoms with Crippen LogP contribution in [0.25, 0.3) is 0 Å². The lowest BCUT2D eigenvalue weighted by Crippen LogP contribution is -2.46. The van der Waals surface area contributed by atoms with Gasteiger partial charge in [-0.3, -0.25) is 9.79 Å². The first-order valence-electron chi connectivity index (χ1n) is 7.94. The maximum Gasteiger partial charge on any atom is 0.272 e. The molecule has 0 unspecified atom stereocenters. The number of nitrogens with zero attached hydrogens (tertiary/aromatic N) is 3. The number of rotatable bonds is 2. The Balaban J connectivity index is 1.59. The van der Waals surface area contributed by atoms with Crippen molar-refractivity contribution < 1.29 is 4.79 Å². The smallest absolute Gasteiger partial charge is 0.272 e. The van der Waals surface area contributed by atoms with Crippen molar-refractivity contribution in [2.24, 2.45) is 4.99 Å². The lowest BCUT2D eigenvalue weighted by atomic mass is 10.1. The molecule has 1 aromatic heterocycles. The van der Waals surface area contributed by atoms with E-state index in [9.17, 15) is 4.79 Å². The summed E-state index contributed by atoms with van der Waals surface area (Å²) in [6, 6.07) is 13.7. The molecule has 23 heavy (non-hydrogen) atoms. The molecule has 1 N–H and O–H groups in total. The monoisotopic (exact) mass is 306 g/mol. The summed E-state index contributed by atoms with van der Waals surface area (Å²) in [5.74, 6) is 0.00413. The van der Waals surface area contributed by atoms with Gasteiger partial charge in [0.25, 0.3) is 5.91 Å². The first-order chi connectivity index (χ1) is 11.3. The third-order valence-electron chi connectivity index (χ3n) is 4.27. The van der Waals surface area contributed by atoms with E-state index in [0.29, 0.717) is 5.69 Å². The quantitative estimate of drug-likeness (QED) is 0.920. The van der Waals surface area contributed by atoms with Gasteiger partial charge in [0.1, 0.15) is 5.69 Å². The van der Waals surface area contributed by atoms with Gasteiger partial charge in [-0.15, -0.1) is 0 Å². The van der Waals surface area contributed by atoms with E-state index in [1.807, 2.05) is 35.2 Å². The molecule has 5 nitrogen and oxygen atoms in total. The van der Waals surface area contributed by atoms with Gasteiger partial charge in [-0.2, -0.15) is 0 Å². The minimum atomic E-state index is 0.00413. The number of benzene rings is 1. The predicted molar refractivity (Wildman–Crippen MR) is 89.4 cm³/mol. The average molecular weight is 306 g/mol. The molecule has 0 atom stereocenters. The number of carbonyl (C=O) groups is 1. The summed E-state index contributed by atoms with van der Waals surface area (Å²) >= 11 is 0. The molecule has 1 aromatic carbocycles. The van der Waals surface area contributed by atoms with E-state index in [1.54, 1.807) is 6.07 Å². The Kier molecular flexibility index (Phi) is 3.63. The molecule has 1 fully saturated rings. The number of para-hydroxylation sites is 1. The Hall–Kier alpha value is -2.53. The summed E-state index contributed by atoms with van der Waals surface area (Å²) in [6.45, 7) is 3.15. The van der Waals surface area contributed by atoms with E-state index in [0.717, 1.165) is 49.7 Å². The van der Waals surface area contributed by atoms with Gasteiger partial charge < -0.3 is 10.2 Å². The van der Waals surface area contributed by atoms with Crippen LogP contribution in [0.4, 0.5) is 5.69 Å². The Bertz CT molecular complexity index is 778. The third-order valence-corrected chi connectivity index (χ3v) is 4.27. The Labute approximate surface area is 135 Å². The highest BCUT2D eigenvalue weighted by molar-refractivity contribution is 6.06. The van der Waals surface area contributed by atoms with Crippen molar-refractivity contribution in [3.05, 3.63) is 59.4 Å². The van der Waals surface area contributed by atoms with Gasteiger partial charge in [-0.25, -0.2) is 4.98 Å². The Morgan fingerprint density at radius 1 is 1.04 bits per heavy atom. The first kappa shape index (κ1) is 14.1. The van der Waals surface area contributed by atoms with Gasteiger partial charge in [-0.1, -0.05) is 24.3 Å². The molecule has 116 valence electrons. The number of hydrogen-bond donors (Lipinski definition) is 1. The molecule has 0 saturated carbocycles. The molecular weight excluding hydrogens is 288 g/mol. The van der Waals surface area contributed by atoms with E-state index < -0.39 is 0 Å². The van der Waals surface area contributed by atoms with Crippen LogP contribution < -0.4 is 5.32 Å². The minimum Gasteiger partial charge on any atom is -0.335 e. The fourth-order valence-corrected chi connectivity index (χ4v) is 3.03. The molecule has 5 heteroatoms. The lowest BCUT2D eigenvalue weighted by molar-refractivity contribution is 0.0730. The van der Waals surface area contributed by atoms with Gasteiger partial charge in [0.15, 0.2) is 0 Å². The lowest BCUT2D eigenvalue weighted by Gasteiger charge is -2.27. The maximum absolute atomic E-state index is 12.6. The second kappa shape index (κ2) is 5.93. The van der Waals surface area contributed by atoms with E-state index in [2.05, 4.69) is 21.4 Å². The van der Waals surface area contributed by atoms with Crippen molar-refractivity contribution in [1.29, 1.82) is 0 Å². The van der Waals surface area contributed by atoms with Crippen molar-refractivity contribution in [3.8, 4) is 0 Å². The van der Waals surface area contributed by atoms with Crippen LogP contribution in [-0.4, -0.2) is 47.7 Å². The van der Waals surface area contributed by atoms with Crippen molar-refractivity contribution in [3.63, 3.8) is 0 Å². The Morgan fingerprint density at radius 3 is 2.70 bits per heavy atom. The topological polar surface area (TPSA) is 57.6 Å².